The number of likely N-dealkylation sites (N-methyl/N-ethyl adjacent to an activating group) is 1. The molecular weight excluding hydrogens is 401 g/mol. The summed E-state index contributed by atoms with van der Waals surface area (Å²) in [4.78, 5) is 25.2. The molecule has 0 radical (unpaired) electrons. The number of alkyl halides is 3. The molecule has 2 rings (SSSR count). The third-order valence-electron chi connectivity index (χ3n) is 4.10. The number of carbonyl (C=O) groups excluding carboxylic acids is 2. The predicted molar refractivity (Wildman–Crippen MR) is 95.0 cm³/mol. The van der Waals surface area contributed by atoms with Crippen LogP contribution in [0.4, 0.5) is 13.2 Å². The van der Waals surface area contributed by atoms with Gasteiger partial charge in [-0.3, -0.25) is 9.59 Å². The van der Waals surface area contributed by atoms with E-state index in [9.17, 15) is 31.2 Å². The second-order valence-electron chi connectivity index (χ2n) is 6.23. The quantitative estimate of drug-likeness (QED) is 0.702. The largest absolute Gasteiger partial charge is 0.573 e. The molecule has 11 heteroatoms. The Kier molecular flexibility index (Phi) is 6.70. The van der Waals surface area contributed by atoms with Crippen molar-refractivity contribution in [1.29, 1.82) is 0 Å². The summed E-state index contributed by atoms with van der Waals surface area (Å²) in [5, 5.41) is 2.38. The van der Waals surface area contributed by atoms with Gasteiger partial charge in [0.25, 0.3) is 0 Å². The molecule has 0 saturated carbocycles. The molecule has 28 heavy (non-hydrogen) atoms. The molecule has 0 aliphatic carbocycles. The van der Waals surface area contributed by atoms with E-state index < -0.39 is 34.1 Å². The zero-order valence-electron chi connectivity index (χ0n) is 14.9. The van der Waals surface area contributed by atoms with Crippen molar-refractivity contribution in [3.63, 3.8) is 0 Å². The van der Waals surface area contributed by atoms with E-state index in [2.05, 4.69) is 10.1 Å². The molecule has 2 amide bonds. The lowest BCUT2D eigenvalue weighted by atomic mass is 10.2. The summed E-state index contributed by atoms with van der Waals surface area (Å²) in [6.07, 6.45) is -1.91. The Bertz CT molecular complexity index is 851. The van der Waals surface area contributed by atoms with Crippen LogP contribution in [0.2, 0.25) is 0 Å². The first-order valence-electron chi connectivity index (χ1n) is 8.23. The highest BCUT2D eigenvalue weighted by molar-refractivity contribution is 7.91. The van der Waals surface area contributed by atoms with Gasteiger partial charge in [-0.05, 0) is 30.2 Å². The molecule has 1 aliphatic rings. The first kappa shape index (κ1) is 21.7. The van der Waals surface area contributed by atoms with Crippen LogP contribution in [0.15, 0.2) is 30.3 Å². The van der Waals surface area contributed by atoms with Gasteiger partial charge in [0.2, 0.25) is 11.8 Å². The zero-order chi connectivity index (χ0) is 20.9. The summed E-state index contributed by atoms with van der Waals surface area (Å²) in [5.74, 6) is -1.42. The van der Waals surface area contributed by atoms with Gasteiger partial charge in [-0.15, -0.1) is 13.2 Å². The van der Waals surface area contributed by atoms with Crippen molar-refractivity contribution in [1.82, 2.24) is 10.2 Å². The van der Waals surface area contributed by atoms with E-state index >= 15 is 0 Å². The molecule has 0 bridgehead atoms. The number of sulfone groups is 1. The van der Waals surface area contributed by atoms with Crippen molar-refractivity contribution in [3.05, 3.63) is 35.9 Å². The molecule has 154 valence electrons. The molecule has 7 nitrogen and oxygen atoms in total. The van der Waals surface area contributed by atoms with E-state index in [-0.39, 0.29) is 23.8 Å². The molecule has 1 atom stereocenters. The lowest BCUT2D eigenvalue weighted by molar-refractivity contribution is -0.274. The van der Waals surface area contributed by atoms with Gasteiger partial charge in [0.05, 0.1) is 18.1 Å². The summed E-state index contributed by atoms with van der Waals surface area (Å²) in [6.45, 7) is -0.297. The monoisotopic (exact) mass is 420 g/mol. The van der Waals surface area contributed by atoms with Gasteiger partial charge in [0.1, 0.15) is 5.75 Å². The van der Waals surface area contributed by atoms with Crippen molar-refractivity contribution in [3.8, 4) is 5.75 Å². The smallest absolute Gasteiger partial charge is 0.406 e. The molecule has 1 heterocycles. The van der Waals surface area contributed by atoms with Gasteiger partial charge in [-0.1, -0.05) is 12.1 Å². The first-order valence-corrected chi connectivity index (χ1v) is 10.1. The van der Waals surface area contributed by atoms with E-state index in [1.54, 1.807) is 0 Å². The molecule has 1 aliphatic heterocycles. The molecule has 1 saturated heterocycles. The summed E-state index contributed by atoms with van der Waals surface area (Å²) < 4.78 is 62.9. The summed E-state index contributed by atoms with van der Waals surface area (Å²) in [6, 6.07) is 4.50. The standard InChI is InChI=1S/C17H19F3N2O5S/c1-22(13-8-9-28(25,26)11-13)16(24)10-21-15(23)7-4-12-2-5-14(6-3-12)27-17(18,19)20/h2-7,13H,8-11H2,1H3,(H,21,23). The predicted octanol–water partition coefficient (Wildman–Crippen LogP) is 1.36. The lowest BCUT2D eigenvalue weighted by Crippen LogP contribution is -2.43. The second-order valence-corrected chi connectivity index (χ2v) is 8.46. The fraction of sp³-hybridized carbons (Fsp3) is 0.412. The fourth-order valence-electron chi connectivity index (χ4n) is 2.58. The van der Waals surface area contributed by atoms with Crippen LogP contribution in [-0.2, 0) is 19.4 Å². The van der Waals surface area contributed by atoms with Gasteiger partial charge >= 0.3 is 6.36 Å². The maximum atomic E-state index is 12.1. The second kappa shape index (κ2) is 8.63. The van der Waals surface area contributed by atoms with Crippen molar-refractivity contribution in [2.75, 3.05) is 25.1 Å². The SMILES string of the molecule is CN(C(=O)CNC(=O)C=Cc1ccc(OC(F)(F)F)cc1)C1CCS(=O)(=O)C1. The Balaban J connectivity index is 1.81. The van der Waals surface area contributed by atoms with Crippen LogP contribution in [0.5, 0.6) is 5.75 Å². The van der Waals surface area contributed by atoms with E-state index in [0.717, 1.165) is 18.2 Å². The van der Waals surface area contributed by atoms with E-state index in [1.807, 2.05) is 0 Å². The minimum Gasteiger partial charge on any atom is -0.406 e. The minimum atomic E-state index is -4.78. The number of rotatable bonds is 6. The first-order chi connectivity index (χ1) is 13.0. The zero-order valence-corrected chi connectivity index (χ0v) is 15.7. The molecule has 1 fully saturated rings. The molecule has 0 aromatic heterocycles. The number of benzene rings is 1. The number of hydrogen-bond donors (Lipinski definition) is 1. The van der Waals surface area contributed by atoms with Crippen LogP contribution in [0.1, 0.15) is 12.0 Å². The highest BCUT2D eigenvalue weighted by atomic mass is 32.2. The Morgan fingerprint density at radius 1 is 1.29 bits per heavy atom. The third kappa shape index (κ3) is 6.87. The number of ether oxygens (including phenoxy) is 1. The normalized spacial score (nSPS) is 18.8. The lowest BCUT2D eigenvalue weighted by Gasteiger charge is -2.23. The summed E-state index contributed by atoms with van der Waals surface area (Å²) in [7, 11) is -1.64. The topological polar surface area (TPSA) is 92.8 Å². The minimum absolute atomic E-state index is 0.0389. The molecule has 1 N–H and O–H groups in total. The van der Waals surface area contributed by atoms with Crippen molar-refractivity contribution in [2.45, 2.75) is 18.8 Å². The Labute approximate surface area is 160 Å². The molecule has 1 aromatic carbocycles. The van der Waals surface area contributed by atoms with E-state index in [1.165, 1.54) is 30.2 Å². The van der Waals surface area contributed by atoms with Gasteiger partial charge in [-0.25, -0.2) is 8.42 Å². The Morgan fingerprint density at radius 3 is 2.46 bits per heavy atom. The Morgan fingerprint density at radius 2 is 1.93 bits per heavy atom. The molecule has 1 aromatic rings. The molecule has 0 spiro atoms. The van der Waals surface area contributed by atoms with Crippen molar-refractivity contribution < 1.29 is 35.9 Å². The van der Waals surface area contributed by atoms with Crippen LogP contribution < -0.4 is 10.1 Å². The van der Waals surface area contributed by atoms with Crippen LogP contribution in [0.3, 0.4) is 0 Å². The number of nitrogens with one attached hydrogen (secondary N) is 1. The van der Waals surface area contributed by atoms with Crippen molar-refractivity contribution >= 4 is 27.7 Å². The number of halogens is 3. The van der Waals surface area contributed by atoms with Crippen LogP contribution in [-0.4, -0.2) is 62.6 Å². The number of hydrogen-bond acceptors (Lipinski definition) is 5. The molecule has 1 unspecified atom stereocenters. The molecular formula is C17H19F3N2O5S. The van der Waals surface area contributed by atoms with Crippen LogP contribution in [0, 0.1) is 0 Å². The average molecular weight is 420 g/mol. The summed E-state index contributed by atoms with van der Waals surface area (Å²) >= 11 is 0. The maximum Gasteiger partial charge on any atom is 0.573 e. The van der Waals surface area contributed by atoms with Crippen molar-refractivity contribution in [2.24, 2.45) is 0 Å². The average Bonchev–Trinajstić information content (AvgIpc) is 2.97. The highest BCUT2D eigenvalue weighted by Gasteiger charge is 2.32. The Hall–Kier alpha value is -2.56. The highest BCUT2D eigenvalue weighted by Crippen LogP contribution is 2.23. The van der Waals surface area contributed by atoms with Gasteiger partial charge in [0, 0.05) is 19.2 Å². The van der Waals surface area contributed by atoms with Crippen LogP contribution >= 0.6 is 0 Å². The summed E-state index contributed by atoms with van der Waals surface area (Å²) in [5.41, 5.74) is 0.462. The van der Waals surface area contributed by atoms with Crippen LogP contribution in [0.25, 0.3) is 6.08 Å². The van der Waals surface area contributed by atoms with Gasteiger partial charge in [0.15, 0.2) is 9.84 Å². The number of carbonyl (C=O) groups is 2. The third-order valence-corrected chi connectivity index (χ3v) is 5.85. The number of nitrogens with zero attached hydrogens (tertiary/aromatic N) is 1. The van der Waals surface area contributed by atoms with Gasteiger partial charge < -0.3 is 15.0 Å². The maximum absolute atomic E-state index is 12.1. The van der Waals surface area contributed by atoms with E-state index in [0.29, 0.717) is 12.0 Å². The van der Waals surface area contributed by atoms with Gasteiger partial charge in [-0.2, -0.15) is 0 Å². The van der Waals surface area contributed by atoms with E-state index in [4.69, 9.17) is 0 Å². The fourth-order valence-corrected chi connectivity index (χ4v) is 4.36. The number of amides is 2.